The first-order valence-electron chi connectivity index (χ1n) is 10.1. The highest BCUT2D eigenvalue weighted by atomic mass is 19.1. The maximum Gasteiger partial charge on any atom is 0.254 e. The highest BCUT2D eigenvalue weighted by Crippen LogP contribution is 2.33. The summed E-state index contributed by atoms with van der Waals surface area (Å²) in [7, 11) is 3.22. The molecule has 1 heterocycles. The maximum atomic E-state index is 13.1. The van der Waals surface area contributed by atoms with Gasteiger partial charge < -0.3 is 19.1 Å². The Bertz CT molecular complexity index is 1080. The highest BCUT2D eigenvalue weighted by Gasteiger charge is 2.24. The average Bonchev–Trinajstić information content (AvgIpc) is 2.82. The van der Waals surface area contributed by atoms with Crippen molar-refractivity contribution >= 4 is 5.91 Å². The first-order chi connectivity index (χ1) is 15.1. The Balaban J connectivity index is 1.46. The molecule has 0 saturated heterocycles. The van der Waals surface area contributed by atoms with Crippen LogP contribution in [0.5, 0.6) is 17.2 Å². The first kappa shape index (κ1) is 20.7. The number of carbonyl (C=O) groups is 1. The van der Waals surface area contributed by atoms with E-state index in [4.69, 9.17) is 14.2 Å². The van der Waals surface area contributed by atoms with E-state index in [1.807, 2.05) is 23.1 Å². The lowest BCUT2D eigenvalue weighted by Crippen LogP contribution is -2.36. The van der Waals surface area contributed by atoms with Gasteiger partial charge in [-0.05, 0) is 65.6 Å². The van der Waals surface area contributed by atoms with Gasteiger partial charge in [0, 0.05) is 18.7 Å². The molecule has 0 saturated carbocycles. The molecule has 0 unspecified atom stereocenters. The smallest absolute Gasteiger partial charge is 0.254 e. The summed E-state index contributed by atoms with van der Waals surface area (Å²) in [6.45, 7) is 1.44. The number of hydrogen-bond donors (Lipinski definition) is 0. The number of methoxy groups -OCH3 is 2. The molecule has 0 bridgehead atoms. The number of hydrogen-bond acceptors (Lipinski definition) is 4. The van der Waals surface area contributed by atoms with Gasteiger partial charge in [-0.3, -0.25) is 4.79 Å². The summed E-state index contributed by atoms with van der Waals surface area (Å²) < 4.78 is 29.6. The molecule has 31 heavy (non-hydrogen) atoms. The van der Waals surface area contributed by atoms with Gasteiger partial charge in [-0.1, -0.05) is 18.2 Å². The van der Waals surface area contributed by atoms with Gasteiger partial charge in [0.05, 0.1) is 14.2 Å². The SMILES string of the molecule is COc1cc2c(cc1OC)CN(C(=O)c1cccc(OCc3ccc(F)cc3)c1)CC2. The van der Waals surface area contributed by atoms with Gasteiger partial charge in [0.2, 0.25) is 0 Å². The molecule has 0 fully saturated rings. The molecule has 3 aromatic carbocycles. The van der Waals surface area contributed by atoms with Crippen molar-refractivity contribution in [3.8, 4) is 17.2 Å². The Labute approximate surface area is 181 Å². The van der Waals surface area contributed by atoms with E-state index in [0.29, 0.717) is 42.5 Å². The van der Waals surface area contributed by atoms with E-state index in [0.717, 1.165) is 23.1 Å². The number of halogens is 1. The van der Waals surface area contributed by atoms with Gasteiger partial charge in [0.1, 0.15) is 18.2 Å². The van der Waals surface area contributed by atoms with E-state index < -0.39 is 0 Å². The van der Waals surface area contributed by atoms with Crippen molar-refractivity contribution in [2.45, 2.75) is 19.6 Å². The summed E-state index contributed by atoms with van der Waals surface area (Å²) in [5.41, 5.74) is 3.65. The van der Waals surface area contributed by atoms with Crippen LogP contribution in [0.3, 0.4) is 0 Å². The van der Waals surface area contributed by atoms with Gasteiger partial charge in [0.25, 0.3) is 5.91 Å². The molecule has 1 aliphatic rings. The van der Waals surface area contributed by atoms with E-state index in [2.05, 4.69) is 0 Å². The molecule has 1 amide bonds. The standard InChI is InChI=1S/C25H24FNO4/c1-29-23-13-18-10-11-27(15-20(18)14-24(23)30-2)25(28)19-4-3-5-22(12-19)31-16-17-6-8-21(26)9-7-17/h3-9,12-14H,10-11,15-16H2,1-2H3. The number of carbonyl (C=O) groups excluding carboxylic acids is 1. The number of fused-ring (bicyclic) bond motifs is 1. The normalized spacial score (nSPS) is 12.8. The molecule has 5 nitrogen and oxygen atoms in total. The van der Waals surface area contributed by atoms with E-state index in [-0.39, 0.29) is 11.7 Å². The molecule has 0 atom stereocenters. The van der Waals surface area contributed by atoms with Crippen LogP contribution >= 0.6 is 0 Å². The molecule has 0 N–H and O–H groups in total. The molecule has 0 radical (unpaired) electrons. The zero-order valence-electron chi connectivity index (χ0n) is 17.6. The van der Waals surface area contributed by atoms with E-state index in [1.165, 1.54) is 12.1 Å². The predicted octanol–water partition coefficient (Wildman–Crippen LogP) is 4.62. The van der Waals surface area contributed by atoms with Gasteiger partial charge >= 0.3 is 0 Å². The highest BCUT2D eigenvalue weighted by molar-refractivity contribution is 5.94. The third-order valence-corrected chi connectivity index (χ3v) is 5.41. The second-order valence-corrected chi connectivity index (χ2v) is 7.40. The van der Waals surface area contributed by atoms with Crippen molar-refractivity contribution in [3.63, 3.8) is 0 Å². The Morgan fingerprint density at radius 3 is 2.39 bits per heavy atom. The van der Waals surface area contributed by atoms with Crippen molar-refractivity contribution in [2.24, 2.45) is 0 Å². The fourth-order valence-electron chi connectivity index (χ4n) is 3.71. The molecule has 0 spiro atoms. The molecule has 0 aromatic heterocycles. The van der Waals surface area contributed by atoms with Crippen molar-refractivity contribution < 1.29 is 23.4 Å². The van der Waals surface area contributed by atoms with Crippen LogP contribution in [0.1, 0.15) is 27.0 Å². The van der Waals surface area contributed by atoms with Crippen molar-refractivity contribution in [3.05, 3.63) is 88.7 Å². The lowest BCUT2D eigenvalue weighted by Gasteiger charge is -2.29. The van der Waals surface area contributed by atoms with Crippen molar-refractivity contribution in [1.29, 1.82) is 0 Å². The summed E-state index contributed by atoms with van der Waals surface area (Å²) in [5, 5.41) is 0. The minimum atomic E-state index is -0.282. The number of nitrogens with zero attached hydrogens (tertiary/aromatic N) is 1. The number of rotatable bonds is 6. The fraction of sp³-hybridized carbons (Fsp3) is 0.240. The van der Waals surface area contributed by atoms with Crippen LogP contribution in [0.25, 0.3) is 0 Å². The van der Waals surface area contributed by atoms with E-state index >= 15 is 0 Å². The molecule has 0 aliphatic carbocycles. The van der Waals surface area contributed by atoms with Crippen LogP contribution in [-0.4, -0.2) is 31.6 Å². The lowest BCUT2D eigenvalue weighted by atomic mass is 9.98. The van der Waals surface area contributed by atoms with Crippen LogP contribution in [0, 0.1) is 5.82 Å². The van der Waals surface area contributed by atoms with Crippen LogP contribution in [0.15, 0.2) is 60.7 Å². The van der Waals surface area contributed by atoms with Crippen LogP contribution in [0.4, 0.5) is 4.39 Å². The summed E-state index contributed by atoms with van der Waals surface area (Å²) in [5.74, 6) is 1.63. The van der Waals surface area contributed by atoms with E-state index in [9.17, 15) is 9.18 Å². The molecule has 160 valence electrons. The fourth-order valence-corrected chi connectivity index (χ4v) is 3.71. The molecule has 4 rings (SSSR count). The zero-order chi connectivity index (χ0) is 21.8. The minimum absolute atomic E-state index is 0.0485. The van der Waals surface area contributed by atoms with Crippen LogP contribution < -0.4 is 14.2 Å². The second-order valence-electron chi connectivity index (χ2n) is 7.40. The maximum absolute atomic E-state index is 13.1. The number of benzene rings is 3. The molecule has 3 aromatic rings. The molecular formula is C25H24FNO4. The largest absolute Gasteiger partial charge is 0.493 e. The first-order valence-corrected chi connectivity index (χ1v) is 10.1. The Kier molecular flexibility index (Phi) is 6.07. The lowest BCUT2D eigenvalue weighted by molar-refractivity contribution is 0.0734. The minimum Gasteiger partial charge on any atom is -0.493 e. The Hall–Kier alpha value is -3.54. The predicted molar refractivity (Wildman–Crippen MR) is 115 cm³/mol. The van der Waals surface area contributed by atoms with Gasteiger partial charge in [-0.15, -0.1) is 0 Å². The third-order valence-electron chi connectivity index (χ3n) is 5.41. The summed E-state index contributed by atoms with van der Waals surface area (Å²) in [6, 6.07) is 17.2. The number of amides is 1. The quantitative estimate of drug-likeness (QED) is 0.583. The van der Waals surface area contributed by atoms with Crippen LogP contribution in [0.2, 0.25) is 0 Å². The Morgan fingerprint density at radius 1 is 0.968 bits per heavy atom. The van der Waals surface area contributed by atoms with Gasteiger partial charge in [-0.2, -0.15) is 0 Å². The topological polar surface area (TPSA) is 48.0 Å². The molecule has 6 heteroatoms. The van der Waals surface area contributed by atoms with Crippen molar-refractivity contribution in [1.82, 2.24) is 4.90 Å². The third kappa shape index (κ3) is 4.63. The Morgan fingerprint density at radius 2 is 1.68 bits per heavy atom. The summed E-state index contributed by atoms with van der Waals surface area (Å²) in [6.07, 6.45) is 0.752. The average molecular weight is 421 g/mol. The van der Waals surface area contributed by atoms with Crippen LogP contribution in [-0.2, 0) is 19.6 Å². The van der Waals surface area contributed by atoms with Gasteiger partial charge in [0.15, 0.2) is 11.5 Å². The van der Waals surface area contributed by atoms with E-state index in [1.54, 1.807) is 44.6 Å². The molecular weight excluding hydrogens is 397 g/mol. The van der Waals surface area contributed by atoms with Gasteiger partial charge in [-0.25, -0.2) is 4.39 Å². The monoisotopic (exact) mass is 421 g/mol. The van der Waals surface area contributed by atoms with Crippen molar-refractivity contribution in [2.75, 3.05) is 20.8 Å². The molecule has 1 aliphatic heterocycles. The summed E-state index contributed by atoms with van der Waals surface area (Å²) >= 11 is 0. The zero-order valence-corrected chi connectivity index (χ0v) is 17.6. The number of ether oxygens (including phenoxy) is 3. The summed E-state index contributed by atoms with van der Waals surface area (Å²) in [4.78, 5) is 15.0. The second kappa shape index (κ2) is 9.08.